The van der Waals surface area contributed by atoms with Crippen molar-refractivity contribution in [2.24, 2.45) is 0 Å². The van der Waals surface area contributed by atoms with Crippen LogP contribution in [0.1, 0.15) is 31.1 Å². The Morgan fingerprint density at radius 2 is 1.09 bits per heavy atom. The van der Waals surface area contributed by atoms with E-state index in [1.807, 2.05) is 0 Å². The second kappa shape index (κ2) is 9.48. The summed E-state index contributed by atoms with van der Waals surface area (Å²) in [4.78, 5) is 52.0. The number of carbonyl (C=O) groups is 3. The van der Waals surface area contributed by atoms with Crippen molar-refractivity contribution in [1.29, 1.82) is 0 Å². The van der Waals surface area contributed by atoms with Crippen LogP contribution in [0.5, 0.6) is 0 Å². The number of nitrogen functional groups attached to an aromatic ring is 1. The van der Waals surface area contributed by atoms with E-state index in [9.17, 15) is 14.4 Å². The number of anilines is 3. The van der Waals surface area contributed by atoms with Crippen LogP contribution in [0.4, 0.5) is 17.8 Å². The highest BCUT2D eigenvalue weighted by Crippen LogP contribution is 2.19. The molecule has 0 radical (unpaired) electrons. The Morgan fingerprint density at radius 3 is 1.58 bits per heavy atom. The molecule has 0 bridgehead atoms. The topological polar surface area (TPSA) is 131 Å². The molecule has 9 heteroatoms. The molecule has 3 N–H and O–H groups in total. The minimum atomic E-state index is -0.657. The highest BCUT2D eigenvalue weighted by atomic mass is 16.2. The maximum Gasteiger partial charge on any atom is 0.267 e. The molecule has 3 aromatic carbocycles. The standard InChI is InChI=1S/C24H18N6O3/c25-22-27-23(26-19(31)16-10-4-1-5-11-16)29-24(28-22)30(20(32)17-12-6-2-7-13-17)21(33)18-14-8-3-9-15-18/h1-15H,(H3,25,26,27,28,29,31). The third-order valence-corrected chi connectivity index (χ3v) is 4.55. The van der Waals surface area contributed by atoms with Crippen molar-refractivity contribution >= 4 is 35.6 Å². The number of hydrogen-bond donors (Lipinski definition) is 2. The highest BCUT2D eigenvalue weighted by molar-refractivity contribution is 6.25. The maximum absolute atomic E-state index is 13.3. The Labute approximate surface area is 188 Å². The van der Waals surface area contributed by atoms with Crippen molar-refractivity contribution in [2.75, 3.05) is 16.0 Å². The predicted molar refractivity (Wildman–Crippen MR) is 123 cm³/mol. The van der Waals surface area contributed by atoms with Crippen LogP contribution in [-0.2, 0) is 0 Å². The van der Waals surface area contributed by atoms with Gasteiger partial charge in [0.05, 0.1) is 0 Å². The molecule has 33 heavy (non-hydrogen) atoms. The molecule has 0 spiro atoms. The molecule has 0 aliphatic heterocycles. The molecule has 3 amide bonds. The Balaban J connectivity index is 1.74. The summed E-state index contributed by atoms with van der Waals surface area (Å²) >= 11 is 0. The molecular formula is C24H18N6O3. The van der Waals surface area contributed by atoms with Gasteiger partial charge in [0.15, 0.2) is 0 Å². The first-order valence-electron chi connectivity index (χ1n) is 9.90. The molecule has 1 heterocycles. The smallest absolute Gasteiger partial charge is 0.267 e. The quantitative estimate of drug-likeness (QED) is 0.457. The van der Waals surface area contributed by atoms with Crippen LogP contribution >= 0.6 is 0 Å². The van der Waals surface area contributed by atoms with E-state index in [4.69, 9.17) is 5.73 Å². The first-order chi connectivity index (χ1) is 16.0. The third-order valence-electron chi connectivity index (χ3n) is 4.55. The lowest BCUT2D eigenvalue weighted by Gasteiger charge is -2.19. The number of nitrogens with one attached hydrogen (secondary N) is 1. The number of imide groups is 1. The van der Waals surface area contributed by atoms with E-state index in [-0.39, 0.29) is 29.0 Å². The number of nitrogens with zero attached hydrogens (tertiary/aromatic N) is 4. The number of hydrogen-bond acceptors (Lipinski definition) is 7. The fourth-order valence-electron chi connectivity index (χ4n) is 2.99. The van der Waals surface area contributed by atoms with E-state index >= 15 is 0 Å². The SMILES string of the molecule is Nc1nc(NC(=O)c2ccccc2)nc(N(C(=O)c2ccccc2)C(=O)c2ccccc2)n1. The van der Waals surface area contributed by atoms with Gasteiger partial charge < -0.3 is 5.73 Å². The van der Waals surface area contributed by atoms with Gasteiger partial charge in [-0.2, -0.15) is 15.0 Å². The summed E-state index contributed by atoms with van der Waals surface area (Å²) in [6, 6.07) is 24.9. The molecule has 0 saturated heterocycles. The van der Waals surface area contributed by atoms with Crippen LogP contribution in [0.3, 0.4) is 0 Å². The molecule has 9 nitrogen and oxygen atoms in total. The first-order valence-corrected chi connectivity index (χ1v) is 9.90. The van der Waals surface area contributed by atoms with Crippen LogP contribution in [0.25, 0.3) is 0 Å². The largest absolute Gasteiger partial charge is 0.368 e. The molecule has 0 unspecified atom stereocenters. The van der Waals surface area contributed by atoms with Gasteiger partial charge in [-0.3, -0.25) is 19.7 Å². The van der Waals surface area contributed by atoms with Crippen LogP contribution in [-0.4, -0.2) is 32.7 Å². The number of rotatable bonds is 5. The van der Waals surface area contributed by atoms with E-state index in [0.717, 1.165) is 4.90 Å². The van der Waals surface area contributed by atoms with Crippen molar-refractivity contribution in [2.45, 2.75) is 0 Å². The second-order valence-electron chi connectivity index (χ2n) is 6.82. The predicted octanol–water partition coefficient (Wildman–Crippen LogP) is 3.19. The van der Waals surface area contributed by atoms with Crippen molar-refractivity contribution in [1.82, 2.24) is 15.0 Å². The average Bonchev–Trinajstić information content (AvgIpc) is 2.85. The summed E-state index contributed by atoms with van der Waals surface area (Å²) in [5.74, 6) is -2.57. The molecule has 0 atom stereocenters. The highest BCUT2D eigenvalue weighted by Gasteiger charge is 2.29. The summed E-state index contributed by atoms with van der Waals surface area (Å²) in [5.41, 5.74) is 6.69. The van der Waals surface area contributed by atoms with E-state index in [1.165, 1.54) is 0 Å². The number of benzene rings is 3. The summed E-state index contributed by atoms with van der Waals surface area (Å²) in [6.07, 6.45) is 0. The van der Waals surface area contributed by atoms with E-state index in [2.05, 4.69) is 20.3 Å². The monoisotopic (exact) mass is 438 g/mol. The van der Waals surface area contributed by atoms with Crippen LogP contribution in [0.15, 0.2) is 91.0 Å². The lowest BCUT2D eigenvalue weighted by molar-refractivity contribution is 0.0894. The molecule has 0 fully saturated rings. The fourth-order valence-corrected chi connectivity index (χ4v) is 2.99. The lowest BCUT2D eigenvalue weighted by Crippen LogP contribution is -2.38. The van der Waals surface area contributed by atoms with Gasteiger partial charge in [-0.1, -0.05) is 54.6 Å². The zero-order valence-corrected chi connectivity index (χ0v) is 17.3. The minimum Gasteiger partial charge on any atom is -0.368 e. The molecule has 162 valence electrons. The average molecular weight is 438 g/mol. The number of carbonyl (C=O) groups excluding carboxylic acids is 3. The van der Waals surface area contributed by atoms with Gasteiger partial charge in [-0.05, 0) is 36.4 Å². The first kappa shape index (κ1) is 21.3. The normalized spacial score (nSPS) is 10.3. The summed E-state index contributed by atoms with van der Waals surface area (Å²) in [7, 11) is 0. The van der Waals surface area contributed by atoms with Crippen LogP contribution in [0.2, 0.25) is 0 Å². The number of nitrogens with two attached hydrogens (primary N) is 1. The van der Waals surface area contributed by atoms with Crippen molar-refractivity contribution in [3.63, 3.8) is 0 Å². The van der Waals surface area contributed by atoms with Gasteiger partial charge >= 0.3 is 0 Å². The molecular weight excluding hydrogens is 420 g/mol. The molecule has 4 aromatic rings. The van der Waals surface area contributed by atoms with Gasteiger partial charge in [-0.15, -0.1) is 0 Å². The summed E-state index contributed by atoms with van der Waals surface area (Å²) < 4.78 is 0. The Bertz CT molecular complexity index is 1250. The zero-order valence-electron chi connectivity index (χ0n) is 17.3. The minimum absolute atomic E-state index is 0.196. The van der Waals surface area contributed by atoms with E-state index in [1.54, 1.807) is 91.0 Å². The van der Waals surface area contributed by atoms with Crippen LogP contribution in [0, 0.1) is 0 Å². The molecule has 1 aromatic heterocycles. The molecule has 0 aliphatic rings. The van der Waals surface area contributed by atoms with Crippen molar-refractivity contribution in [3.05, 3.63) is 108 Å². The zero-order chi connectivity index (χ0) is 23.2. The van der Waals surface area contributed by atoms with E-state index < -0.39 is 17.7 Å². The van der Waals surface area contributed by atoms with Crippen molar-refractivity contribution in [3.8, 4) is 0 Å². The molecule has 0 aliphatic carbocycles. The van der Waals surface area contributed by atoms with Crippen LogP contribution < -0.4 is 16.0 Å². The Hall–Kier alpha value is -4.92. The van der Waals surface area contributed by atoms with E-state index in [0.29, 0.717) is 5.56 Å². The fraction of sp³-hybridized carbons (Fsp3) is 0. The second-order valence-corrected chi connectivity index (χ2v) is 6.82. The van der Waals surface area contributed by atoms with Gasteiger partial charge in [0.25, 0.3) is 17.7 Å². The lowest BCUT2D eigenvalue weighted by atomic mass is 10.1. The van der Waals surface area contributed by atoms with Gasteiger partial charge in [0.1, 0.15) is 0 Å². The third kappa shape index (κ3) is 4.88. The number of amides is 3. The summed E-state index contributed by atoms with van der Waals surface area (Å²) in [6.45, 7) is 0. The molecule has 4 rings (SSSR count). The summed E-state index contributed by atoms with van der Waals surface area (Å²) in [5, 5.41) is 2.52. The Kier molecular flexibility index (Phi) is 6.12. The van der Waals surface area contributed by atoms with Gasteiger partial charge in [-0.25, -0.2) is 4.90 Å². The number of aromatic nitrogens is 3. The Morgan fingerprint density at radius 1 is 0.636 bits per heavy atom. The molecule has 0 saturated carbocycles. The van der Waals surface area contributed by atoms with Gasteiger partial charge in [0.2, 0.25) is 17.8 Å². The van der Waals surface area contributed by atoms with Gasteiger partial charge in [0, 0.05) is 16.7 Å². The maximum atomic E-state index is 13.3. The van der Waals surface area contributed by atoms with Crippen molar-refractivity contribution < 1.29 is 14.4 Å².